The minimum Gasteiger partial charge on any atom is -0.372 e. The van der Waals surface area contributed by atoms with Crippen LogP contribution in [0.5, 0.6) is 0 Å². The zero-order chi connectivity index (χ0) is 11.5. The number of nitrogens with one attached hydrogen (secondary N) is 1. The van der Waals surface area contributed by atoms with Crippen molar-refractivity contribution in [1.82, 2.24) is 10.2 Å². The van der Waals surface area contributed by atoms with Crippen molar-refractivity contribution >= 4 is 5.91 Å². The number of rotatable bonds is 1. The van der Waals surface area contributed by atoms with Gasteiger partial charge in [-0.05, 0) is 18.6 Å². The van der Waals surface area contributed by atoms with E-state index < -0.39 is 5.82 Å². The van der Waals surface area contributed by atoms with Gasteiger partial charge in [0.1, 0.15) is 11.6 Å². The molecule has 1 aliphatic rings. The molecule has 1 heterocycles. The Morgan fingerprint density at radius 1 is 1.44 bits per heavy atom. The number of carbonyl (C=O) groups excluding carboxylic acids is 1. The summed E-state index contributed by atoms with van der Waals surface area (Å²) in [7, 11) is 0. The average molecular weight is 220 g/mol. The Morgan fingerprint density at radius 3 is 2.88 bits per heavy atom. The first-order valence-corrected chi connectivity index (χ1v) is 5.19. The Balaban J connectivity index is 2.25. The number of benzene rings is 1. The summed E-state index contributed by atoms with van der Waals surface area (Å²) in [5.74, 6) is -0.291. The molecular formula is C12H13FN2O. The SMILES string of the molecule is C=C1NCCCN1C(=O)c1ccccc1F. The van der Waals surface area contributed by atoms with Gasteiger partial charge in [-0.1, -0.05) is 18.7 Å². The van der Waals surface area contributed by atoms with E-state index in [0.717, 1.165) is 13.0 Å². The van der Waals surface area contributed by atoms with Gasteiger partial charge in [0, 0.05) is 13.1 Å². The topological polar surface area (TPSA) is 32.3 Å². The Bertz CT molecular complexity index is 431. The molecule has 1 aliphatic heterocycles. The lowest BCUT2D eigenvalue weighted by Gasteiger charge is -2.30. The summed E-state index contributed by atoms with van der Waals surface area (Å²) in [5, 5.41) is 2.99. The molecule has 0 aliphatic carbocycles. The number of hydrogen-bond acceptors (Lipinski definition) is 2. The Labute approximate surface area is 93.6 Å². The fourth-order valence-electron chi connectivity index (χ4n) is 1.70. The second-order valence-corrected chi connectivity index (χ2v) is 3.66. The molecule has 0 spiro atoms. The van der Waals surface area contributed by atoms with Gasteiger partial charge in [-0.15, -0.1) is 0 Å². The van der Waals surface area contributed by atoms with Gasteiger partial charge in [-0.3, -0.25) is 9.69 Å². The molecular weight excluding hydrogens is 207 g/mol. The maximum absolute atomic E-state index is 13.4. The number of nitrogens with zero attached hydrogens (tertiary/aromatic N) is 1. The smallest absolute Gasteiger partial charge is 0.262 e. The molecule has 0 radical (unpaired) electrons. The number of hydrogen-bond donors (Lipinski definition) is 1. The predicted octanol–water partition coefficient (Wildman–Crippen LogP) is 1.73. The van der Waals surface area contributed by atoms with Gasteiger partial charge < -0.3 is 5.32 Å². The third-order valence-corrected chi connectivity index (χ3v) is 2.56. The molecule has 3 nitrogen and oxygen atoms in total. The molecule has 1 fully saturated rings. The van der Waals surface area contributed by atoms with Crippen LogP contribution in [-0.2, 0) is 0 Å². The summed E-state index contributed by atoms with van der Waals surface area (Å²) < 4.78 is 13.4. The molecule has 1 amide bonds. The second kappa shape index (κ2) is 4.35. The first-order chi connectivity index (χ1) is 7.70. The number of carbonyl (C=O) groups is 1. The molecule has 0 atom stereocenters. The summed E-state index contributed by atoms with van der Waals surface area (Å²) in [5.41, 5.74) is 0.0901. The quantitative estimate of drug-likeness (QED) is 0.781. The van der Waals surface area contributed by atoms with E-state index in [1.54, 1.807) is 12.1 Å². The molecule has 16 heavy (non-hydrogen) atoms. The van der Waals surface area contributed by atoms with Crippen LogP contribution in [0.25, 0.3) is 0 Å². The molecule has 1 aromatic carbocycles. The lowest BCUT2D eigenvalue weighted by atomic mass is 10.1. The van der Waals surface area contributed by atoms with Gasteiger partial charge in [0.25, 0.3) is 5.91 Å². The van der Waals surface area contributed by atoms with Crippen LogP contribution in [-0.4, -0.2) is 23.9 Å². The van der Waals surface area contributed by atoms with E-state index in [1.807, 2.05) is 0 Å². The Kier molecular flexibility index (Phi) is 2.90. The molecule has 1 saturated heterocycles. The maximum Gasteiger partial charge on any atom is 0.262 e. The minimum atomic E-state index is -0.495. The zero-order valence-electron chi connectivity index (χ0n) is 8.87. The zero-order valence-corrected chi connectivity index (χ0v) is 8.87. The van der Waals surface area contributed by atoms with Crippen molar-refractivity contribution in [3.8, 4) is 0 Å². The highest BCUT2D eigenvalue weighted by molar-refractivity contribution is 5.95. The second-order valence-electron chi connectivity index (χ2n) is 3.66. The summed E-state index contributed by atoms with van der Waals surface area (Å²) in [6, 6.07) is 5.98. The van der Waals surface area contributed by atoms with E-state index in [1.165, 1.54) is 17.0 Å². The van der Waals surface area contributed by atoms with Crippen molar-refractivity contribution in [3.05, 3.63) is 48.0 Å². The summed E-state index contributed by atoms with van der Waals surface area (Å²) >= 11 is 0. The predicted molar refractivity (Wildman–Crippen MR) is 59.2 cm³/mol. The van der Waals surface area contributed by atoms with E-state index in [-0.39, 0.29) is 11.5 Å². The fourth-order valence-corrected chi connectivity index (χ4v) is 1.70. The van der Waals surface area contributed by atoms with Crippen molar-refractivity contribution < 1.29 is 9.18 Å². The van der Waals surface area contributed by atoms with Crippen molar-refractivity contribution in [1.29, 1.82) is 0 Å². The van der Waals surface area contributed by atoms with E-state index in [2.05, 4.69) is 11.9 Å². The number of halogens is 1. The standard InChI is InChI=1S/C12H13FN2O/c1-9-14-7-4-8-15(9)12(16)10-5-2-3-6-11(10)13/h2-3,5-6,14H,1,4,7-8H2. The van der Waals surface area contributed by atoms with Crippen LogP contribution in [0.3, 0.4) is 0 Å². The Morgan fingerprint density at radius 2 is 2.19 bits per heavy atom. The third-order valence-electron chi connectivity index (χ3n) is 2.56. The van der Waals surface area contributed by atoms with Crippen LogP contribution in [0, 0.1) is 5.82 Å². The van der Waals surface area contributed by atoms with Crippen molar-refractivity contribution in [2.24, 2.45) is 0 Å². The first-order valence-electron chi connectivity index (χ1n) is 5.19. The summed E-state index contributed by atoms with van der Waals surface area (Å²) in [4.78, 5) is 13.5. The molecule has 0 unspecified atom stereocenters. The highest BCUT2D eigenvalue weighted by Crippen LogP contribution is 2.14. The summed E-state index contributed by atoms with van der Waals surface area (Å²) in [6.07, 6.45) is 0.846. The highest BCUT2D eigenvalue weighted by atomic mass is 19.1. The fraction of sp³-hybridized carbons (Fsp3) is 0.250. The summed E-state index contributed by atoms with van der Waals surface area (Å²) in [6.45, 7) is 5.13. The van der Waals surface area contributed by atoms with E-state index in [9.17, 15) is 9.18 Å². The molecule has 1 N–H and O–H groups in total. The largest absolute Gasteiger partial charge is 0.372 e. The van der Waals surface area contributed by atoms with Crippen LogP contribution in [0.15, 0.2) is 36.7 Å². The van der Waals surface area contributed by atoms with Crippen molar-refractivity contribution in [3.63, 3.8) is 0 Å². The normalized spacial score (nSPS) is 15.8. The van der Waals surface area contributed by atoms with Crippen molar-refractivity contribution in [2.75, 3.05) is 13.1 Å². The average Bonchev–Trinajstić information content (AvgIpc) is 2.29. The number of amides is 1. The van der Waals surface area contributed by atoms with Gasteiger partial charge in [-0.25, -0.2) is 4.39 Å². The van der Waals surface area contributed by atoms with Crippen LogP contribution < -0.4 is 5.32 Å². The maximum atomic E-state index is 13.4. The molecule has 1 aromatic rings. The van der Waals surface area contributed by atoms with Gasteiger partial charge in [-0.2, -0.15) is 0 Å². The molecule has 84 valence electrons. The van der Waals surface area contributed by atoms with Crippen molar-refractivity contribution in [2.45, 2.75) is 6.42 Å². The van der Waals surface area contributed by atoms with Gasteiger partial charge in [0.2, 0.25) is 0 Å². The minimum absolute atomic E-state index is 0.0901. The molecule has 0 aromatic heterocycles. The molecule has 0 bridgehead atoms. The van der Waals surface area contributed by atoms with E-state index in [0.29, 0.717) is 12.4 Å². The molecule has 2 rings (SSSR count). The van der Waals surface area contributed by atoms with Crippen LogP contribution in [0.4, 0.5) is 4.39 Å². The molecule has 4 heteroatoms. The monoisotopic (exact) mass is 220 g/mol. The van der Waals surface area contributed by atoms with Crippen LogP contribution in [0.2, 0.25) is 0 Å². The van der Waals surface area contributed by atoms with E-state index >= 15 is 0 Å². The Hall–Kier alpha value is -1.84. The van der Waals surface area contributed by atoms with Gasteiger partial charge >= 0.3 is 0 Å². The van der Waals surface area contributed by atoms with Gasteiger partial charge in [0.05, 0.1) is 5.56 Å². The molecule has 0 saturated carbocycles. The highest BCUT2D eigenvalue weighted by Gasteiger charge is 2.22. The first kappa shape index (κ1) is 10.7. The van der Waals surface area contributed by atoms with Crippen LogP contribution >= 0.6 is 0 Å². The van der Waals surface area contributed by atoms with E-state index in [4.69, 9.17) is 0 Å². The van der Waals surface area contributed by atoms with Gasteiger partial charge in [0.15, 0.2) is 0 Å². The third kappa shape index (κ3) is 1.91. The lowest BCUT2D eigenvalue weighted by Crippen LogP contribution is -2.42. The van der Waals surface area contributed by atoms with Crippen LogP contribution in [0.1, 0.15) is 16.8 Å². The lowest BCUT2D eigenvalue weighted by molar-refractivity contribution is 0.0773.